The number of benzene rings is 1. The van der Waals surface area contributed by atoms with Gasteiger partial charge in [-0.15, -0.1) is 0 Å². The highest BCUT2D eigenvalue weighted by atomic mass is 79.9. The molecular formula is C12H16BrNO4S. The van der Waals surface area contributed by atoms with Crippen LogP contribution in [0.1, 0.15) is 20.3 Å². The van der Waals surface area contributed by atoms with Crippen molar-refractivity contribution in [3.05, 3.63) is 28.7 Å². The van der Waals surface area contributed by atoms with Gasteiger partial charge in [-0.3, -0.25) is 4.79 Å². The Balaban J connectivity index is 2.90. The van der Waals surface area contributed by atoms with Gasteiger partial charge in [0.1, 0.15) is 0 Å². The average Bonchev–Trinajstić information content (AvgIpc) is 2.36. The largest absolute Gasteiger partial charge is 0.481 e. The zero-order valence-electron chi connectivity index (χ0n) is 10.7. The Kier molecular flexibility index (Phi) is 5.11. The van der Waals surface area contributed by atoms with Crippen molar-refractivity contribution >= 4 is 31.9 Å². The molecule has 19 heavy (non-hydrogen) atoms. The zero-order chi connectivity index (χ0) is 14.7. The predicted molar refractivity (Wildman–Crippen MR) is 75.4 cm³/mol. The number of hydrogen-bond donors (Lipinski definition) is 2. The molecule has 0 aliphatic heterocycles. The Morgan fingerprint density at radius 1 is 1.47 bits per heavy atom. The third-order valence-electron chi connectivity index (χ3n) is 3.06. The van der Waals surface area contributed by atoms with Crippen LogP contribution in [0.5, 0.6) is 0 Å². The maximum atomic E-state index is 12.0. The molecule has 0 amide bonds. The number of hydrogen-bond acceptors (Lipinski definition) is 3. The van der Waals surface area contributed by atoms with Crippen molar-refractivity contribution in [3.8, 4) is 0 Å². The lowest BCUT2D eigenvalue weighted by Gasteiger charge is -2.23. The minimum absolute atomic E-state index is 0.103. The summed E-state index contributed by atoms with van der Waals surface area (Å²) in [6, 6.07) is 6.24. The number of rotatable bonds is 6. The summed E-state index contributed by atoms with van der Waals surface area (Å²) in [5.41, 5.74) is -1.11. The maximum Gasteiger partial charge on any atom is 0.310 e. The number of carboxylic acid groups (broad SMARTS) is 1. The fraction of sp³-hybridized carbons (Fsp3) is 0.417. The molecule has 0 bridgehead atoms. The standard InChI is InChI=1S/C12H16BrNO4S/c1-3-12(2,11(15)16)8-14-19(17,18)10-6-4-5-9(13)7-10/h4-7,14H,3,8H2,1-2H3,(H,15,16). The number of carbonyl (C=O) groups is 1. The van der Waals surface area contributed by atoms with Gasteiger partial charge in [-0.2, -0.15) is 0 Å². The van der Waals surface area contributed by atoms with Gasteiger partial charge in [0.15, 0.2) is 0 Å². The van der Waals surface area contributed by atoms with Gasteiger partial charge >= 0.3 is 5.97 Å². The molecule has 0 saturated carbocycles. The minimum Gasteiger partial charge on any atom is -0.481 e. The molecule has 0 spiro atoms. The summed E-state index contributed by atoms with van der Waals surface area (Å²) in [6.07, 6.45) is 0.337. The molecule has 106 valence electrons. The van der Waals surface area contributed by atoms with Crippen molar-refractivity contribution in [1.29, 1.82) is 0 Å². The predicted octanol–water partition coefficient (Wildman–Crippen LogP) is 2.23. The van der Waals surface area contributed by atoms with Gasteiger partial charge in [0.25, 0.3) is 0 Å². The molecule has 1 aromatic rings. The van der Waals surface area contributed by atoms with Gasteiger partial charge in [-0.25, -0.2) is 13.1 Å². The van der Waals surface area contributed by atoms with Gasteiger partial charge in [-0.05, 0) is 31.5 Å². The van der Waals surface area contributed by atoms with Crippen LogP contribution in [0.25, 0.3) is 0 Å². The summed E-state index contributed by atoms with van der Waals surface area (Å²) in [4.78, 5) is 11.2. The van der Waals surface area contributed by atoms with E-state index in [1.165, 1.54) is 19.1 Å². The highest BCUT2D eigenvalue weighted by molar-refractivity contribution is 9.10. The van der Waals surface area contributed by atoms with E-state index < -0.39 is 21.4 Å². The van der Waals surface area contributed by atoms with Gasteiger partial charge in [0, 0.05) is 11.0 Å². The Morgan fingerprint density at radius 2 is 2.11 bits per heavy atom. The minimum atomic E-state index is -3.70. The molecule has 1 unspecified atom stereocenters. The molecule has 0 aliphatic carbocycles. The van der Waals surface area contributed by atoms with Crippen molar-refractivity contribution in [2.24, 2.45) is 5.41 Å². The molecule has 0 fully saturated rings. The van der Waals surface area contributed by atoms with E-state index in [0.29, 0.717) is 10.9 Å². The second-order valence-electron chi connectivity index (χ2n) is 4.50. The van der Waals surface area contributed by atoms with Crippen molar-refractivity contribution in [2.75, 3.05) is 6.54 Å². The van der Waals surface area contributed by atoms with E-state index in [1.54, 1.807) is 19.1 Å². The van der Waals surface area contributed by atoms with Crippen molar-refractivity contribution in [3.63, 3.8) is 0 Å². The average molecular weight is 350 g/mol. The molecule has 0 radical (unpaired) electrons. The lowest BCUT2D eigenvalue weighted by molar-refractivity contribution is -0.147. The molecular weight excluding hydrogens is 334 g/mol. The van der Waals surface area contributed by atoms with E-state index in [-0.39, 0.29) is 11.4 Å². The molecule has 2 N–H and O–H groups in total. The number of sulfonamides is 1. The molecule has 1 rings (SSSR count). The number of aliphatic carboxylic acids is 1. The lowest BCUT2D eigenvalue weighted by atomic mass is 9.88. The van der Waals surface area contributed by atoms with Crippen LogP contribution < -0.4 is 4.72 Å². The van der Waals surface area contributed by atoms with Crippen molar-refractivity contribution in [1.82, 2.24) is 4.72 Å². The molecule has 1 atom stereocenters. The Morgan fingerprint density at radius 3 is 2.58 bits per heavy atom. The van der Waals surface area contributed by atoms with E-state index in [0.717, 1.165) is 0 Å². The molecule has 5 nitrogen and oxygen atoms in total. The first kappa shape index (κ1) is 16.1. The maximum absolute atomic E-state index is 12.0. The van der Waals surface area contributed by atoms with Crippen LogP contribution in [0.4, 0.5) is 0 Å². The summed E-state index contributed by atoms with van der Waals surface area (Å²) < 4.78 is 27.1. The molecule has 0 aliphatic rings. The molecule has 0 aromatic heterocycles. The van der Waals surface area contributed by atoms with E-state index in [4.69, 9.17) is 5.11 Å². The first-order valence-corrected chi connectivity index (χ1v) is 7.97. The quantitative estimate of drug-likeness (QED) is 0.824. The summed E-state index contributed by atoms with van der Waals surface area (Å²) >= 11 is 3.20. The Hall–Kier alpha value is -0.920. The number of carboxylic acids is 1. The van der Waals surface area contributed by atoms with Crippen LogP contribution in [0.3, 0.4) is 0 Å². The highest BCUT2D eigenvalue weighted by Crippen LogP contribution is 2.22. The van der Waals surface area contributed by atoms with E-state index in [9.17, 15) is 13.2 Å². The lowest BCUT2D eigenvalue weighted by Crippen LogP contribution is -2.40. The fourth-order valence-electron chi connectivity index (χ4n) is 1.32. The van der Waals surface area contributed by atoms with Gasteiger partial charge < -0.3 is 5.11 Å². The third kappa shape index (κ3) is 4.02. The summed E-state index contributed by atoms with van der Waals surface area (Å²) in [5, 5.41) is 9.10. The van der Waals surface area contributed by atoms with Crippen LogP contribution in [-0.4, -0.2) is 26.0 Å². The molecule has 1 aromatic carbocycles. The van der Waals surface area contributed by atoms with Crippen LogP contribution in [0, 0.1) is 5.41 Å². The summed E-state index contributed by atoms with van der Waals surface area (Å²) in [7, 11) is -3.70. The van der Waals surface area contributed by atoms with Crippen molar-refractivity contribution in [2.45, 2.75) is 25.2 Å². The monoisotopic (exact) mass is 349 g/mol. The van der Waals surface area contributed by atoms with Crippen molar-refractivity contribution < 1.29 is 18.3 Å². The summed E-state index contributed by atoms with van der Waals surface area (Å²) in [5.74, 6) is -1.02. The number of halogens is 1. The van der Waals surface area contributed by atoms with E-state index in [1.807, 2.05) is 0 Å². The molecule has 7 heteroatoms. The van der Waals surface area contributed by atoms with Crippen LogP contribution in [0.15, 0.2) is 33.6 Å². The number of nitrogens with one attached hydrogen (secondary N) is 1. The first-order valence-electron chi connectivity index (χ1n) is 5.70. The second-order valence-corrected chi connectivity index (χ2v) is 7.18. The molecule has 0 saturated heterocycles. The first-order chi connectivity index (χ1) is 8.71. The third-order valence-corrected chi connectivity index (χ3v) is 4.95. The van der Waals surface area contributed by atoms with Crippen LogP contribution in [0.2, 0.25) is 0 Å². The SMILES string of the molecule is CCC(C)(CNS(=O)(=O)c1cccc(Br)c1)C(=O)O. The fourth-order valence-corrected chi connectivity index (χ4v) is 3.09. The van der Waals surface area contributed by atoms with Crippen LogP contribution in [-0.2, 0) is 14.8 Å². The topological polar surface area (TPSA) is 83.5 Å². The smallest absolute Gasteiger partial charge is 0.310 e. The normalized spacial score (nSPS) is 14.9. The van der Waals surface area contributed by atoms with Gasteiger partial charge in [-0.1, -0.05) is 28.9 Å². The zero-order valence-corrected chi connectivity index (χ0v) is 13.1. The highest BCUT2D eigenvalue weighted by Gasteiger charge is 2.32. The van der Waals surface area contributed by atoms with Gasteiger partial charge in [0.2, 0.25) is 10.0 Å². The Bertz CT molecular complexity index is 573. The molecule has 0 heterocycles. The van der Waals surface area contributed by atoms with Crippen LogP contribution >= 0.6 is 15.9 Å². The second kappa shape index (κ2) is 6.02. The van der Waals surface area contributed by atoms with E-state index in [2.05, 4.69) is 20.7 Å². The van der Waals surface area contributed by atoms with Gasteiger partial charge in [0.05, 0.1) is 10.3 Å². The van der Waals surface area contributed by atoms with E-state index >= 15 is 0 Å². The summed E-state index contributed by atoms with van der Waals surface area (Å²) in [6.45, 7) is 3.08. The Labute approximate surface area is 121 Å².